The second-order valence-electron chi connectivity index (χ2n) is 9.85. The molecule has 9 atom stereocenters. The zero-order valence-corrected chi connectivity index (χ0v) is 20.9. The Balaban J connectivity index is 1.77. The lowest BCUT2D eigenvalue weighted by Crippen LogP contribution is -2.75. The fraction of sp³-hybridized carbons (Fsp3) is 0.423. The molecule has 3 aromatic rings. The smallest absolute Gasteiger partial charge is 0.269 e. The Hall–Kier alpha value is -3.47. The van der Waals surface area contributed by atoms with Gasteiger partial charge in [0.05, 0.1) is 12.7 Å². The number of aliphatic hydroxyl groups excluding tert-OH is 6. The van der Waals surface area contributed by atoms with Crippen molar-refractivity contribution in [3.63, 3.8) is 0 Å². The summed E-state index contributed by atoms with van der Waals surface area (Å²) in [6.45, 7) is 0.727. The maximum atomic E-state index is 13.8. The van der Waals surface area contributed by atoms with Gasteiger partial charge in [0, 0.05) is 17.7 Å². The highest BCUT2D eigenvalue weighted by Gasteiger charge is 2.64. The highest BCUT2D eigenvalue weighted by Crippen LogP contribution is 2.43. The van der Waals surface area contributed by atoms with E-state index in [-0.39, 0.29) is 22.7 Å². The SMILES string of the molecule is C[C@@H]1O[C@](Oc2c(-c3ccc(O)cc3)oc3cc(O)cc(O)c3c2=O)([C@H]2OC[C@H](O)[C@H](O)[C@@H]2O)[C@@H](O)[C@@H](O)[C@H]1O. The number of fused-ring (bicyclic) bond motifs is 1. The molecule has 3 heterocycles. The van der Waals surface area contributed by atoms with E-state index in [2.05, 4.69) is 0 Å². The predicted octanol–water partition coefficient (Wildman–Crippen LogP) is -1.37. The molecule has 2 aliphatic rings. The second kappa shape index (κ2) is 10.2. The van der Waals surface area contributed by atoms with Crippen LogP contribution < -0.4 is 10.2 Å². The van der Waals surface area contributed by atoms with Crippen molar-refractivity contribution in [1.82, 2.24) is 0 Å². The average molecular weight is 564 g/mol. The van der Waals surface area contributed by atoms with Crippen LogP contribution >= 0.6 is 0 Å². The summed E-state index contributed by atoms with van der Waals surface area (Å²) in [4.78, 5) is 13.8. The number of ether oxygens (including phenoxy) is 3. The maximum absolute atomic E-state index is 13.8. The fourth-order valence-corrected chi connectivity index (χ4v) is 4.99. The van der Waals surface area contributed by atoms with Gasteiger partial charge in [0.15, 0.2) is 18.0 Å². The summed E-state index contributed by atoms with van der Waals surface area (Å²) in [5.41, 5.74) is -1.19. The molecule has 0 radical (unpaired) electrons. The molecule has 0 amide bonds. The van der Waals surface area contributed by atoms with Crippen molar-refractivity contribution in [3.8, 4) is 34.3 Å². The van der Waals surface area contributed by atoms with E-state index in [0.717, 1.165) is 12.1 Å². The third-order valence-electron chi connectivity index (χ3n) is 7.14. The molecule has 5 rings (SSSR count). The Morgan fingerprint density at radius 3 is 2.23 bits per heavy atom. The van der Waals surface area contributed by atoms with Crippen LogP contribution in [0.5, 0.6) is 23.0 Å². The Labute approximate surface area is 225 Å². The minimum atomic E-state index is -2.71. The fourth-order valence-electron chi connectivity index (χ4n) is 4.99. The number of hydrogen-bond acceptors (Lipinski definition) is 14. The standard InChI is InChI=1S/C26H28O14/c1-9-17(31)20(34)24(36)26(39-9,25-21(35)18(32)14(30)8-37-25)40-23-19(33)16-13(29)6-12(28)7-15(16)38-22(23)10-2-4-11(27)5-3-10/h2-7,9,14,17-18,20-21,24-25,27-32,34-36H,8H2,1H3/t9-,14-,17-,18-,20-,21-,24-,25-,26+/m0/s1. The molecule has 14 heteroatoms. The lowest BCUT2D eigenvalue weighted by molar-refractivity contribution is -0.384. The van der Waals surface area contributed by atoms with Gasteiger partial charge in [0.25, 0.3) is 5.79 Å². The van der Waals surface area contributed by atoms with Gasteiger partial charge in [-0.25, -0.2) is 0 Å². The minimum Gasteiger partial charge on any atom is -0.508 e. The third kappa shape index (κ3) is 4.44. The zero-order chi connectivity index (χ0) is 29.1. The number of phenols is 3. The number of aliphatic hydroxyl groups is 6. The summed E-state index contributed by atoms with van der Waals surface area (Å²) in [6, 6.07) is 7.14. The summed E-state index contributed by atoms with van der Waals surface area (Å²) < 4.78 is 23.2. The van der Waals surface area contributed by atoms with Gasteiger partial charge >= 0.3 is 0 Å². The van der Waals surface area contributed by atoms with Gasteiger partial charge in [-0.2, -0.15) is 0 Å². The second-order valence-corrected chi connectivity index (χ2v) is 9.85. The van der Waals surface area contributed by atoms with E-state index in [9.17, 15) is 50.8 Å². The van der Waals surface area contributed by atoms with Crippen molar-refractivity contribution in [3.05, 3.63) is 46.6 Å². The largest absolute Gasteiger partial charge is 0.508 e. The molecule has 40 heavy (non-hydrogen) atoms. The van der Waals surface area contributed by atoms with E-state index in [1.807, 2.05) is 0 Å². The van der Waals surface area contributed by atoms with Gasteiger partial charge in [-0.1, -0.05) is 0 Å². The van der Waals surface area contributed by atoms with Crippen molar-refractivity contribution in [2.75, 3.05) is 6.61 Å². The molecule has 2 aromatic carbocycles. The van der Waals surface area contributed by atoms with Crippen LogP contribution in [0.25, 0.3) is 22.3 Å². The minimum absolute atomic E-state index is 0.129. The van der Waals surface area contributed by atoms with Gasteiger partial charge in [0.2, 0.25) is 11.2 Å². The molecule has 14 nitrogen and oxygen atoms in total. The molecule has 0 aliphatic carbocycles. The summed E-state index contributed by atoms with van der Waals surface area (Å²) in [5, 5.41) is 93.2. The monoisotopic (exact) mass is 564 g/mol. The van der Waals surface area contributed by atoms with Gasteiger partial charge in [-0.05, 0) is 31.2 Å². The molecule has 1 aromatic heterocycles. The van der Waals surface area contributed by atoms with Gasteiger partial charge in [-0.3, -0.25) is 4.79 Å². The Kier molecular flexibility index (Phi) is 7.14. The number of hydrogen-bond donors (Lipinski definition) is 9. The van der Waals surface area contributed by atoms with Crippen LogP contribution in [0.2, 0.25) is 0 Å². The molecule has 216 valence electrons. The van der Waals surface area contributed by atoms with Crippen LogP contribution in [0.15, 0.2) is 45.6 Å². The number of rotatable bonds is 4. The van der Waals surface area contributed by atoms with Gasteiger partial charge in [-0.15, -0.1) is 0 Å². The molecular weight excluding hydrogens is 536 g/mol. The van der Waals surface area contributed by atoms with Crippen LogP contribution in [0, 0.1) is 0 Å². The van der Waals surface area contributed by atoms with Crippen LogP contribution in [0.4, 0.5) is 0 Å². The number of benzene rings is 2. The lowest BCUT2D eigenvalue weighted by Gasteiger charge is -2.53. The Morgan fingerprint density at radius 1 is 0.875 bits per heavy atom. The third-order valence-corrected chi connectivity index (χ3v) is 7.14. The van der Waals surface area contributed by atoms with E-state index in [1.54, 1.807) is 0 Å². The molecule has 9 N–H and O–H groups in total. The van der Waals surface area contributed by atoms with E-state index >= 15 is 0 Å². The quantitative estimate of drug-likeness (QED) is 0.178. The average Bonchev–Trinajstić information content (AvgIpc) is 2.90. The Bertz CT molecular complexity index is 1450. The first-order chi connectivity index (χ1) is 18.9. The normalized spacial score (nSPS) is 34.6. The summed E-state index contributed by atoms with van der Waals surface area (Å²) in [5.74, 6) is -5.05. The maximum Gasteiger partial charge on any atom is 0.269 e. The van der Waals surface area contributed by atoms with E-state index in [0.29, 0.717) is 0 Å². The lowest BCUT2D eigenvalue weighted by atomic mass is 9.84. The number of phenolic OH excluding ortho intramolecular Hbond substituents is 3. The molecular formula is C26H28O14. The van der Waals surface area contributed by atoms with Crippen molar-refractivity contribution < 1.29 is 64.6 Å². The first-order valence-electron chi connectivity index (χ1n) is 12.2. The van der Waals surface area contributed by atoms with Crippen molar-refractivity contribution in [2.24, 2.45) is 0 Å². The van der Waals surface area contributed by atoms with E-state index < -0.39 is 89.3 Å². The molecule has 2 fully saturated rings. The topological polar surface area (TPSA) is 240 Å². The first-order valence-corrected chi connectivity index (χ1v) is 12.2. The summed E-state index contributed by atoms with van der Waals surface area (Å²) in [7, 11) is 0. The molecule has 0 spiro atoms. The van der Waals surface area contributed by atoms with E-state index in [1.165, 1.54) is 31.2 Å². The highest BCUT2D eigenvalue weighted by atomic mass is 16.7. The first kappa shape index (κ1) is 28.1. The molecule has 0 saturated carbocycles. The van der Waals surface area contributed by atoms with Crippen LogP contribution in [0.3, 0.4) is 0 Å². The summed E-state index contributed by atoms with van der Waals surface area (Å²) in [6.07, 6.45) is -14.4. The van der Waals surface area contributed by atoms with Gasteiger partial charge < -0.3 is 64.6 Å². The van der Waals surface area contributed by atoms with Crippen LogP contribution in [0.1, 0.15) is 6.92 Å². The van der Waals surface area contributed by atoms with Crippen molar-refractivity contribution >= 4 is 11.0 Å². The molecule has 2 aliphatic heterocycles. The zero-order valence-electron chi connectivity index (χ0n) is 20.9. The van der Waals surface area contributed by atoms with Crippen molar-refractivity contribution in [2.45, 2.75) is 61.5 Å². The molecule has 2 saturated heterocycles. The van der Waals surface area contributed by atoms with Crippen molar-refractivity contribution in [1.29, 1.82) is 0 Å². The van der Waals surface area contributed by atoms with E-state index in [4.69, 9.17) is 18.6 Å². The summed E-state index contributed by atoms with van der Waals surface area (Å²) >= 11 is 0. The van der Waals surface area contributed by atoms with Crippen LogP contribution in [-0.2, 0) is 9.47 Å². The highest BCUT2D eigenvalue weighted by molar-refractivity contribution is 5.88. The number of aromatic hydroxyl groups is 3. The molecule has 0 bridgehead atoms. The predicted molar refractivity (Wildman–Crippen MR) is 133 cm³/mol. The van der Waals surface area contributed by atoms with Gasteiger partial charge in [0.1, 0.15) is 58.7 Å². The Morgan fingerprint density at radius 2 is 1.55 bits per heavy atom. The molecule has 0 unspecified atom stereocenters. The van der Waals surface area contributed by atoms with Crippen LogP contribution in [-0.4, -0.2) is 107 Å².